The summed E-state index contributed by atoms with van der Waals surface area (Å²) in [4.78, 5) is 4.45. The summed E-state index contributed by atoms with van der Waals surface area (Å²) in [6, 6.07) is 5.54. The number of aryl methyl sites for hydroxylation is 1. The number of ether oxygens (including phenoxy) is 1. The van der Waals surface area contributed by atoms with Gasteiger partial charge in [-0.2, -0.15) is 0 Å². The molecule has 28 heavy (non-hydrogen) atoms. The van der Waals surface area contributed by atoms with Crippen LogP contribution in [0, 0.1) is 6.92 Å². The minimum Gasteiger partial charge on any atom is -0.485 e. The Morgan fingerprint density at radius 1 is 1.36 bits per heavy atom. The van der Waals surface area contributed by atoms with Crippen molar-refractivity contribution in [1.29, 1.82) is 0 Å². The van der Waals surface area contributed by atoms with Crippen LogP contribution in [0.4, 0.5) is 0 Å². The number of aromatic nitrogens is 1. The van der Waals surface area contributed by atoms with E-state index in [1.807, 2.05) is 39.0 Å². The second kappa shape index (κ2) is 8.58. The van der Waals surface area contributed by atoms with E-state index >= 15 is 0 Å². The summed E-state index contributed by atoms with van der Waals surface area (Å²) in [7, 11) is 0. The molecule has 0 saturated heterocycles. The van der Waals surface area contributed by atoms with Crippen LogP contribution in [0.2, 0.25) is 5.15 Å². The molecule has 1 aliphatic heterocycles. The number of rotatable bonds is 6. The normalized spacial score (nSPS) is 21.5. The number of hydrogen-bond donors (Lipinski definition) is 2. The molecule has 3 rings (SSSR count). The zero-order valence-corrected chi connectivity index (χ0v) is 18.4. The monoisotopic (exact) mass is 422 g/mol. The van der Waals surface area contributed by atoms with E-state index in [9.17, 15) is 5.11 Å². The van der Waals surface area contributed by atoms with Crippen molar-refractivity contribution in [2.24, 2.45) is 0 Å². The highest BCUT2D eigenvalue weighted by Gasteiger charge is 2.42. The van der Waals surface area contributed by atoms with Gasteiger partial charge in [0.15, 0.2) is 0 Å². The third kappa shape index (κ3) is 4.46. The lowest BCUT2D eigenvalue weighted by Gasteiger charge is -2.42. The first kappa shape index (κ1) is 21.4. The van der Waals surface area contributed by atoms with Gasteiger partial charge in [0.05, 0.1) is 11.6 Å². The Bertz CT molecular complexity index is 896. The van der Waals surface area contributed by atoms with Crippen molar-refractivity contribution < 1.29 is 9.84 Å². The summed E-state index contributed by atoms with van der Waals surface area (Å²) in [5, 5.41) is 16.7. The molecule has 1 aromatic carbocycles. The molecule has 2 heterocycles. The van der Waals surface area contributed by atoms with Crippen molar-refractivity contribution in [2.75, 3.05) is 6.54 Å². The molecule has 1 aliphatic rings. The molecule has 0 fully saturated rings. The van der Waals surface area contributed by atoms with Crippen molar-refractivity contribution in [3.8, 4) is 5.75 Å². The van der Waals surface area contributed by atoms with Gasteiger partial charge in [0.2, 0.25) is 0 Å². The third-order valence-corrected chi connectivity index (χ3v) is 5.77. The molecule has 0 aliphatic carbocycles. The predicted molar refractivity (Wildman–Crippen MR) is 116 cm³/mol. The third-order valence-electron chi connectivity index (χ3n) is 5.23. The highest BCUT2D eigenvalue weighted by atomic mass is 35.5. The van der Waals surface area contributed by atoms with E-state index in [0.717, 1.165) is 52.1 Å². The van der Waals surface area contributed by atoms with Crippen molar-refractivity contribution >= 4 is 34.1 Å². The topological polar surface area (TPSA) is 54.4 Å². The molecular weight excluding hydrogens is 395 g/mol. The highest BCUT2D eigenvalue weighted by molar-refractivity contribution is 6.30. The fourth-order valence-corrected chi connectivity index (χ4v) is 4.07. The summed E-state index contributed by atoms with van der Waals surface area (Å²) in [6.07, 6.45) is 4.12. The maximum Gasteiger partial charge on any atom is 0.131 e. The number of benzene rings is 1. The van der Waals surface area contributed by atoms with Gasteiger partial charge in [-0.15, -0.1) is 0 Å². The van der Waals surface area contributed by atoms with E-state index in [0.29, 0.717) is 11.7 Å². The Kier molecular flexibility index (Phi) is 6.55. The average molecular weight is 423 g/mol. The number of allylic oxidation sites excluding steroid dienone is 1. The van der Waals surface area contributed by atoms with Crippen LogP contribution < -0.4 is 10.1 Å². The number of fused-ring (bicyclic) bond motifs is 2. The van der Waals surface area contributed by atoms with E-state index < -0.39 is 11.7 Å². The number of aliphatic hydroxyl groups excluding tert-OH is 1. The Balaban J connectivity index is 1.93. The molecule has 0 spiro atoms. The number of aliphatic hydroxyl groups is 1. The fourth-order valence-electron chi connectivity index (χ4n) is 3.61. The summed E-state index contributed by atoms with van der Waals surface area (Å²) in [6.45, 7) is 8.60. The van der Waals surface area contributed by atoms with Gasteiger partial charge >= 0.3 is 0 Å². The Morgan fingerprint density at radius 2 is 2.11 bits per heavy atom. The lowest BCUT2D eigenvalue weighted by Crippen LogP contribution is -2.52. The van der Waals surface area contributed by atoms with Crippen LogP contribution in [0.15, 0.2) is 29.3 Å². The Labute approximate surface area is 176 Å². The van der Waals surface area contributed by atoms with E-state index in [4.69, 9.17) is 27.9 Å². The van der Waals surface area contributed by atoms with Crippen LogP contribution in [0.25, 0.3) is 10.9 Å². The van der Waals surface area contributed by atoms with Crippen molar-refractivity contribution in [3.05, 3.63) is 45.6 Å². The lowest BCUT2D eigenvalue weighted by molar-refractivity contribution is -0.0642. The van der Waals surface area contributed by atoms with E-state index in [-0.39, 0.29) is 6.04 Å². The summed E-state index contributed by atoms with van der Waals surface area (Å²) in [5.74, 6) is 0.764. The summed E-state index contributed by atoms with van der Waals surface area (Å²) < 4.78 is 6.15. The van der Waals surface area contributed by atoms with Crippen LogP contribution in [-0.4, -0.2) is 28.3 Å². The SMILES string of the molecule is CCCC=C(Cl)CCNC1c2cc3nc(Cl)cc(C)c3cc2OC(C)(C)C1O. The molecule has 6 heteroatoms. The molecule has 1 aromatic heterocycles. The van der Waals surface area contributed by atoms with Gasteiger partial charge < -0.3 is 15.2 Å². The van der Waals surface area contributed by atoms with Gasteiger partial charge in [0.1, 0.15) is 22.6 Å². The van der Waals surface area contributed by atoms with Crippen LogP contribution >= 0.6 is 23.2 Å². The quantitative estimate of drug-likeness (QED) is 0.588. The zero-order chi connectivity index (χ0) is 20.5. The van der Waals surface area contributed by atoms with Crippen molar-refractivity contribution in [2.45, 2.75) is 64.7 Å². The van der Waals surface area contributed by atoms with Gasteiger partial charge in [-0.1, -0.05) is 42.6 Å². The second-order valence-corrected chi connectivity index (χ2v) is 8.81. The summed E-state index contributed by atoms with van der Waals surface area (Å²) in [5.41, 5.74) is 2.02. The minimum atomic E-state index is -0.714. The largest absolute Gasteiger partial charge is 0.485 e. The number of unbranched alkanes of at least 4 members (excludes halogenated alkanes) is 1. The average Bonchev–Trinajstić information content (AvgIpc) is 2.62. The molecule has 0 bridgehead atoms. The molecule has 0 radical (unpaired) electrons. The number of hydrogen-bond acceptors (Lipinski definition) is 4. The van der Waals surface area contributed by atoms with Crippen LogP contribution in [0.1, 0.15) is 57.2 Å². The molecule has 152 valence electrons. The zero-order valence-electron chi connectivity index (χ0n) is 16.9. The van der Waals surface area contributed by atoms with Gasteiger partial charge in [-0.05, 0) is 57.4 Å². The van der Waals surface area contributed by atoms with E-state index in [1.165, 1.54) is 0 Å². The van der Waals surface area contributed by atoms with Crippen LogP contribution in [0.5, 0.6) is 5.75 Å². The van der Waals surface area contributed by atoms with Gasteiger partial charge in [0.25, 0.3) is 0 Å². The predicted octanol–water partition coefficient (Wildman–Crippen LogP) is 5.67. The molecular formula is C22H28Cl2N2O2. The van der Waals surface area contributed by atoms with Gasteiger partial charge in [-0.25, -0.2) is 4.98 Å². The molecule has 2 N–H and O–H groups in total. The molecule has 2 aromatic rings. The lowest BCUT2D eigenvalue weighted by atomic mass is 9.85. The first-order valence-corrected chi connectivity index (χ1v) is 10.5. The summed E-state index contributed by atoms with van der Waals surface area (Å²) >= 11 is 12.4. The van der Waals surface area contributed by atoms with Crippen LogP contribution in [-0.2, 0) is 0 Å². The number of nitrogens with zero attached hydrogens (tertiary/aromatic N) is 1. The Morgan fingerprint density at radius 3 is 2.82 bits per heavy atom. The van der Waals surface area contributed by atoms with Crippen molar-refractivity contribution in [3.63, 3.8) is 0 Å². The first-order chi connectivity index (χ1) is 13.2. The highest BCUT2D eigenvalue weighted by Crippen LogP contribution is 2.42. The fraction of sp³-hybridized carbons (Fsp3) is 0.500. The van der Waals surface area contributed by atoms with Gasteiger partial charge in [0, 0.05) is 22.5 Å². The first-order valence-electron chi connectivity index (χ1n) is 9.78. The Hall–Kier alpha value is -1.33. The maximum atomic E-state index is 10.9. The molecule has 4 nitrogen and oxygen atoms in total. The molecule has 0 amide bonds. The molecule has 2 atom stereocenters. The van der Waals surface area contributed by atoms with E-state index in [1.54, 1.807) is 0 Å². The minimum absolute atomic E-state index is 0.278. The maximum absolute atomic E-state index is 10.9. The number of pyridine rings is 1. The molecule has 0 saturated carbocycles. The standard InChI is InChI=1S/C22H28Cl2N2O2/c1-5-6-7-14(23)8-9-25-20-16-11-17-15(13(2)10-19(24)26-17)12-18(16)28-22(3,4)21(20)27/h7,10-12,20-21,25,27H,5-6,8-9H2,1-4H3. The smallest absolute Gasteiger partial charge is 0.131 e. The van der Waals surface area contributed by atoms with Gasteiger partial charge in [-0.3, -0.25) is 0 Å². The van der Waals surface area contributed by atoms with Crippen LogP contribution in [0.3, 0.4) is 0 Å². The number of nitrogens with one attached hydrogen (secondary N) is 1. The molecule has 2 unspecified atom stereocenters. The number of halogens is 2. The second-order valence-electron chi connectivity index (χ2n) is 7.94. The van der Waals surface area contributed by atoms with E-state index in [2.05, 4.69) is 23.3 Å². The van der Waals surface area contributed by atoms with Crippen molar-refractivity contribution in [1.82, 2.24) is 10.3 Å².